The summed E-state index contributed by atoms with van der Waals surface area (Å²) in [6.45, 7) is 8.94. The lowest BCUT2D eigenvalue weighted by Gasteiger charge is -2.15. The van der Waals surface area contributed by atoms with E-state index in [4.69, 9.17) is 0 Å². The standard InChI is InChI=1S/C19H30N2O2/c1-5-8-15(9-6-2)19(23)21-17-11-7-10-16(12-17)18(22)20-13-14(3)4/h7,10-12,14-15H,5-6,8-9,13H2,1-4H3,(H,20,22)(H,21,23). The van der Waals surface area contributed by atoms with Gasteiger partial charge in [-0.05, 0) is 37.0 Å². The Kier molecular flexibility index (Phi) is 8.38. The van der Waals surface area contributed by atoms with Crippen LogP contribution in [0.15, 0.2) is 24.3 Å². The van der Waals surface area contributed by atoms with Crippen molar-refractivity contribution in [3.63, 3.8) is 0 Å². The highest BCUT2D eigenvalue weighted by atomic mass is 16.2. The van der Waals surface area contributed by atoms with Crippen LogP contribution in [-0.4, -0.2) is 18.4 Å². The fraction of sp³-hybridized carbons (Fsp3) is 0.579. The van der Waals surface area contributed by atoms with E-state index in [9.17, 15) is 9.59 Å². The Balaban J connectivity index is 2.72. The highest BCUT2D eigenvalue weighted by molar-refractivity contribution is 5.97. The number of hydrogen-bond acceptors (Lipinski definition) is 2. The summed E-state index contributed by atoms with van der Waals surface area (Å²) in [6, 6.07) is 7.13. The average Bonchev–Trinajstić information content (AvgIpc) is 2.52. The Morgan fingerprint density at radius 2 is 1.74 bits per heavy atom. The molecule has 0 aliphatic carbocycles. The minimum atomic E-state index is -0.103. The Bertz CT molecular complexity index is 506. The molecule has 4 heteroatoms. The quantitative estimate of drug-likeness (QED) is 0.716. The monoisotopic (exact) mass is 318 g/mol. The van der Waals surface area contributed by atoms with Gasteiger partial charge in [-0.2, -0.15) is 0 Å². The third kappa shape index (κ3) is 6.85. The average molecular weight is 318 g/mol. The van der Waals surface area contributed by atoms with Crippen molar-refractivity contribution in [1.82, 2.24) is 5.32 Å². The molecule has 0 saturated carbocycles. The molecular formula is C19H30N2O2. The first-order valence-electron chi connectivity index (χ1n) is 8.67. The minimum absolute atomic E-state index is 0.0448. The van der Waals surface area contributed by atoms with Gasteiger partial charge in [0.15, 0.2) is 0 Å². The normalized spacial score (nSPS) is 10.9. The van der Waals surface area contributed by atoms with Gasteiger partial charge >= 0.3 is 0 Å². The molecule has 2 amide bonds. The maximum Gasteiger partial charge on any atom is 0.251 e. The van der Waals surface area contributed by atoms with Crippen LogP contribution in [0.4, 0.5) is 5.69 Å². The number of anilines is 1. The van der Waals surface area contributed by atoms with Crippen LogP contribution in [0.25, 0.3) is 0 Å². The number of benzene rings is 1. The lowest BCUT2D eigenvalue weighted by molar-refractivity contribution is -0.120. The molecule has 0 unspecified atom stereocenters. The Morgan fingerprint density at radius 1 is 1.09 bits per heavy atom. The van der Waals surface area contributed by atoms with Gasteiger partial charge in [-0.15, -0.1) is 0 Å². The molecule has 23 heavy (non-hydrogen) atoms. The van der Waals surface area contributed by atoms with Crippen molar-refractivity contribution in [2.45, 2.75) is 53.4 Å². The smallest absolute Gasteiger partial charge is 0.251 e. The van der Waals surface area contributed by atoms with E-state index in [0.29, 0.717) is 23.7 Å². The van der Waals surface area contributed by atoms with E-state index in [-0.39, 0.29) is 17.7 Å². The molecule has 0 aliphatic heterocycles. The van der Waals surface area contributed by atoms with Crippen LogP contribution < -0.4 is 10.6 Å². The maximum atomic E-state index is 12.4. The summed E-state index contributed by atoms with van der Waals surface area (Å²) >= 11 is 0. The predicted molar refractivity (Wildman–Crippen MR) is 95.5 cm³/mol. The third-order valence-corrected chi connectivity index (χ3v) is 3.71. The third-order valence-electron chi connectivity index (χ3n) is 3.71. The zero-order valence-electron chi connectivity index (χ0n) is 14.8. The van der Waals surface area contributed by atoms with Crippen LogP contribution in [0.5, 0.6) is 0 Å². The zero-order chi connectivity index (χ0) is 17.2. The van der Waals surface area contributed by atoms with Crippen LogP contribution >= 0.6 is 0 Å². The molecule has 1 aromatic carbocycles. The second-order valence-corrected chi connectivity index (χ2v) is 6.45. The summed E-state index contributed by atoms with van der Waals surface area (Å²) in [5.41, 5.74) is 1.26. The molecule has 0 heterocycles. The number of rotatable bonds is 9. The van der Waals surface area contributed by atoms with E-state index >= 15 is 0 Å². The maximum absolute atomic E-state index is 12.4. The van der Waals surface area contributed by atoms with Crippen molar-refractivity contribution in [2.75, 3.05) is 11.9 Å². The van der Waals surface area contributed by atoms with Crippen molar-refractivity contribution in [3.8, 4) is 0 Å². The molecule has 4 nitrogen and oxygen atoms in total. The summed E-state index contributed by atoms with van der Waals surface area (Å²) in [7, 11) is 0. The summed E-state index contributed by atoms with van der Waals surface area (Å²) in [6.07, 6.45) is 3.79. The van der Waals surface area contributed by atoms with Gasteiger partial charge in [0.05, 0.1) is 0 Å². The Morgan fingerprint density at radius 3 is 2.30 bits per heavy atom. The first-order chi connectivity index (χ1) is 11.0. The van der Waals surface area contributed by atoms with Crippen LogP contribution in [-0.2, 0) is 4.79 Å². The first-order valence-corrected chi connectivity index (χ1v) is 8.67. The van der Waals surface area contributed by atoms with E-state index in [2.05, 4.69) is 38.3 Å². The van der Waals surface area contributed by atoms with Gasteiger partial charge in [0, 0.05) is 23.7 Å². The highest BCUT2D eigenvalue weighted by Crippen LogP contribution is 2.18. The second-order valence-electron chi connectivity index (χ2n) is 6.45. The molecule has 1 rings (SSSR count). The van der Waals surface area contributed by atoms with Crippen molar-refractivity contribution in [2.24, 2.45) is 11.8 Å². The van der Waals surface area contributed by atoms with E-state index in [1.165, 1.54) is 0 Å². The first kappa shape index (κ1) is 19.2. The van der Waals surface area contributed by atoms with E-state index in [1.54, 1.807) is 18.2 Å². The molecule has 0 radical (unpaired) electrons. The lowest BCUT2D eigenvalue weighted by atomic mass is 9.97. The molecule has 128 valence electrons. The highest BCUT2D eigenvalue weighted by Gasteiger charge is 2.17. The predicted octanol–water partition coefficient (Wildman–Crippen LogP) is 4.23. The number of hydrogen-bond donors (Lipinski definition) is 2. The van der Waals surface area contributed by atoms with Gasteiger partial charge in [-0.1, -0.05) is 46.6 Å². The second kappa shape index (κ2) is 10.0. The molecule has 0 bridgehead atoms. The largest absolute Gasteiger partial charge is 0.352 e. The fourth-order valence-electron chi connectivity index (χ4n) is 2.48. The van der Waals surface area contributed by atoms with Crippen molar-refractivity contribution in [3.05, 3.63) is 29.8 Å². The summed E-state index contributed by atoms with van der Waals surface area (Å²) in [5, 5.41) is 5.84. The van der Waals surface area contributed by atoms with E-state index in [0.717, 1.165) is 25.7 Å². The fourth-order valence-corrected chi connectivity index (χ4v) is 2.48. The summed E-state index contributed by atoms with van der Waals surface area (Å²) in [4.78, 5) is 24.5. The van der Waals surface area contributed by atoms with Crippen LogP contribution in [0.2, 0.25) is 0 Å². The van der Waals surface area contributed by atoms with Gasteiger partial charge in [0.1, 0.15) is 0 Å². The molecule has 0 aliphatic rings. The molecule has 1 aromatic rings. The van der Waals surface area contributed by atoms with Crippen LogP contribution in [0, 0.1) is 11.8 Å². The Hall–Kier alpha value is -1.84. The number of carbonyl (C=O) groups excluding carboxylic acids is 2. The molecular weight excluding hydrogens is 288 g/mol. The van der Waals surface area contributed by atoms with Crippen LogP contribution in [0.3, 0.4) is 0 Å². The lowest BCUT2D eigenvalue weighted by Crippen LogP contribution is -2.27. The number of nitrogens with one attached hydrogen (secondary N) is 2. The van der Waals surface area contributed by atoms with Gasteiger partial charge in [0.2, 0.25) is 5.91 Å². The molecule has 0 saturated heterocycles. The Labute approximate surface area is 140 Å². The minimum Gasteiger partial charge on any atom is -0.352 e. The number of amides is 2. The summed E-state index contributed by atoms with van der Waals surface area (Å²) < 4.78 is 0. The number of carbonyl (C=O) groups is 2. The van der Waals surface area contributed by atoms with Gasteiger partial charge in [-0.25, -0.2) is 0 Å². The molecule has 2 N–H and O–H groups in total. The van der Waals surface area contributed by atoms with Crippen molar-refractivity contribution < 1.29 is 9.59 Å². The van der Waals surface area contributed by atoms with E-state index < -0.39 is 0 Å². The molecule has 0 fully saturated rings. The SMILES string of the molecule is CCCC(CCC)C(=O)Nc1cccc(C(=O)NCC(C)C)c1. The van der Waals surface area contributed by atoms with Gasteiger partial charge < -0.3 is 10.6 Å². The summed E-state index contributed by atoms with van der Waals surface area (Å²) in [5.74, 6) is 0.399. The topological polar surface area (TPSA) is 58.2 Å². The molecule has 0 atom stereocenters. The molecule has 0 spiro atoms. The van der Waals surface area contributed by atoms with E-state index in [1.807, 2.05) is 6.07 Å². The van der Waals surface area contributed by atoms with Crippen molar-refractivity contribution in [1.29, 1.82) is 0 Å². The van der Waals surface area contributed by atoms with Gasteiger partial charge in [-0.3, -0.25) is 9.59 Å². The van der Waals surface area contributed by atoms with Crippen molar-refractivity contribution >= 4 is 17.5 Å². The zero-order valence-corrected chi connectivity index (χ0v) is 14.8. The molecule has 0 aromatic heterocycles. The van der Waals surface area contributed by atoms with Crippen LogP contribution in [0.1, 0.15) is 63.7 Å². The van der Waals surface area contributed by atoms with Gasteiger partial charge in [0.25, 0.3) is 5.91 Å².